The summed E-state index contributed by atoms with van der Waals surface area (Å²) in [7, 11) is 1.77. The van der Waals surface area contributed by atoms with Gasteiger partial charge in [-0.2, -0.15) is 21.7 Å². The lowest BCUT2D eigenvalue weighted by Gasteiger charge is -2.11. The van der Waals surface area contributed by atoms with Crippen LogP contribution in [0, 0.1) is 18.3 Å². The zero-order valence-corrected chi connectivity index (χ0v) is 11.0. The lowest BCUT2D eigenvalue weighted by atomic mass is 10.2. The number of nitrogens with zero attached hydrogens (tertiary/aromatic N) is 3. The molecule has 5 nitrogen and oxygen atoms in total. The fourth-order valence-electron chi connectivity index (χ4n) is 1.77. The van der Waals surface area contributed by atoms with Crippen LogP contribution in [-0.2, 0) is 7.05 Å². The van der Waals surface area contributed by atoms with E-state index in [1.807, 2.05) is 16.8 Å². The van der Waals surface area contributed by atoms with Gasteiger partial charge >= 0.3 is 0 Å². The van der Waals surface area contributed by atoms with Crippen molar-refractivity contribution >= 4 is 17.2 Å². The Kier molecular flexibility index (Phi) is 3.65. The molecule has 0 amide bonds. The van der Waals surface area contributed by atoms with E-state index in [9.17, 15) is 5.11 Å². The van der Waals surface area contributed by atoms with Crippen LogP contribution in [0.15, 0.2) is 16.8 Å². The van der Waals surface area contributed by atoms with E-state index in [0.29, 0.717) is 23.6 Å². The predicted molar refractivity (Wildman–Crippen MR) is 70.4 cm³/mol. The molecular formula is C12H14N4OS. The minimum atomic E-state index is -0.585. The molecule has 2 N–H and O–H groups in total. The smallest absolute Gasteiger partial charge is 0.142 e. The van der Waals surface area contributed by atoms with E-state index >= 15 is 0 Å². The first-order chi connectivity index (χ1) is 8.63. The number of aliphatic hydroxyl groups is 1. The number of aryl methyl sites for hydroxylation is 2. The van der Waals surface area contributed by atoms with Crippen molar-refractivity contribution in [3.63, 3.8) is 0 Å². The van der Waals surface area contributed by atoms with E-state index < -0.39 is 6.10 Å². The van der Waals surface area contributed by atoms with Gasteiger partial charge in [0.2, 0.25) is 0 Å². The number of hydrogen-bond acceptors (Lipinski definition) is 5. The number of aliphatic hydroxyl groups excluding tert-OH is 1. The van der Waals surface area contributed by atoms with E-state index in [0.717, 1.165) is 5.56 Å². The molecule has 0 aliphatic heterocycles. The number of nitriles is 1. The fraction of sp³-hybridized carbons (Fsp3) is 0.333. The Morgan fingerprint density at radius 1 is 1.67 bits per heavy atom. The highest BCUT2D eigenvalue weighted by Crippen LogP contribution is 2.20. The maximum Gasteiger partial charge on any atom is 0.142 e. The van der Waals surface area contributed by atoms with Crippen molar-refractivity contribution in [3.8, 4) is 6.07 Å². The Labute approximate surface area is 109 Å². The standard InChI is InChI=1S/C12H14N4OS/c1-8-10(5-13)12(16(2)15-8)14-6-11(17)9-3-4-18-7-9/h3-4,7,11,14,17H,6H2,1-2H3. The minimum Gasteiger partial charge on any atom is -0.387 e. The van der Waals surface area contributed by atoms with Gasteiger partial charge in [-0.3, -0.25) is 4.68 Å². The summed E-state index contributed by atoms with van der Waals surface area (Å²) in [4.78, 5) is 0. The Morgan fingerprint density at radius 2 is 2.44 bits per heavy atom. The van der Waals surface area contributed by atoms with Gasteiger partial charge in [0, 0.05) is 13.6 Å². The molecule has 2 rings (SSSR count). The molecule has 0 spiro atoms. The van der Waals surface area contributed by atoms with Crippen molar-refractivity contribution < 1.29 is 5.11 Å². The van der Waals surface area contributed by atoms with Gasteiger partial charge in [-0.1, -0.05) is 0 Å². The second-order valence-electron chi connectivity index (χ2n) is 4.00. The maximum absolute atomic E-state index is 9.96. The number of anilines is 1. The molecule has 2 aromatic heterocycles. The predicted octanol–water partition coefficient (Wildman–Crippen LogP) is 1.81. The van der Waals surface area contributed by atoms with Crippen LogP contribution in [0.25, 0.3) is 0 Å². The summed E-state index contributed by atoms with van der Waals surface area (Å²) in [5.41, 5.74) is 2.09. The van der Waals surface area contributed by atoms with Crippen LogP contribution in [0.1, 0.15) is 22.9 Å². The highest BCUT2D eigenvalue weighted by molar-refractivity contribution is 7.07. The van der Waals surface area contributed by atoms with Crippen molar-refractivity contribution in [3.05, 3.63) is 33.6 Å². The Balaban J connectivity index is 2.09. The monoisotopic (exact) mass is 262 g/mol. The van der Waals surface area contributed by atoms with Gasteiger partial charge in [0.15, 0.2) is 0 Å². The normalized spacial score (nSPS) is 12.1. The summed E-state index contributed by atoms with van der Waals surface area (Å²) in [5, 5.41) is 30.1. The Hall–Kier alpha value is -1.84. The van der Waals surface area contributed by atoms with Gasteiger partial charge in [0.25, 0.3) is 0 Å². The summed E-state index contributed by atoms with van der Waals surface area (Å²) >= 11 is 1.55. The van der Waals surface area contributed by atoms with Crippen LogP contribution >= 0.6 is 11.3 Å². The Morgan fingerprint density at radius 3 is 3.06 bits per heavy atom. The molecule has 0 aromatic carbocycles. The maximum atomic E-state index is 9.96. The molecule has 0 aliphatic rings. The van der Waals surface area contributed by atoms with Crippen molar-refractivity contribution in [1.29, 1.82) is 5.26 Å². The van der Waals surface area contributed by atoms with Crippen LogP contribution in [0.2, 0.25) is 0 Å². The second-order valence-corrected chi connectivity index (χ2v) is 4.78. The zero-order valence-electron chi connectivity index (χ0n) is 10.2. The first-order valence-electron chi connectivity index (χ1n) is 5.51. The summed E-state index contributed by atoms with van der Waals surface area (Å²) in [6.07, 6.45) is -0.585. The van der Waals surface area contributed by atoms with Gasteiger partial charge in [-0.15, -0.1) is 0 Å². The van der Waals surface area contributed by atoms with Crippen LogP contribution in [-0.4, -0.2) is 21.4 Å². The van der Waals surface area contributed by atoms with Gasteiger partial charge < -0.3 is 10.4 Å². The lowest BCUT2D eigenvalue weighted by molar-refractivity contribution is 0.192. The van der Waals surface area contributed by atoms with Crippen molar-refractivity contribution in [1.82, 2.24) is 9.78 Å². The summed E-state index contributed by atoms with van der Waals surface area (Å²) in [5.74, 6) is 0.643. The molecule has 0 saturated heterocycles. The van der Waals surface area contributed by atoms with E-state index in [1.54, 1.807) is 30.0 Å². The number of rotatable bonds is 4. The Bertz CT molecular complexity index is 568. The highest BCUT2D eigenvalue weighted by atomic mass is 32.1. The largest absolute Gasteiger partial charge is 0.387 e. The average Bonchev–Trinajstić information content (AvgIpc) is 2.94. The molecule has 2 aromatic rings. The van der Waals surface area contributed by atoms with Crippen molar-refractivity contribution in [2.75, 3.05) is 11.9 Å². The lowest BCUT2D eigenvalue weighted by Crippen LogP contribution is -2.14. The van der Waals surface area contributed by atoms with Crippen molar-refractivity contribution in [2.24, 2.45) is 7.05 Å². The van der Waals surface area contributed by atoms with Crippen LogP contribution in [0.5, 0.6) is 0 Å². The molecule has 1 atom stereocenters. The molecule has 1 unspecified atom stereocenters. The first-order valence-corrected chi connectivity index (χ1v) is 6.45. The summed E-state index contributed by atoms with van der Waals surface area (Å²) in [6.45, 7) is 2.14. The molecule has 0 bridgehead atoms. The van der Waals surface area contributed by atoms with Gasteiger partial charge in [-0.25, -0.2) is 0 Å². The third kappa shape index (κ3) is 2.37. The molecule has 0 saturated carbocycles. The molecule has 18 heavy (non-hydrogen) atoms. The fourth-order valence-corrected chi connectivity index (χ4v) is 2.48. The molecule has 0 radical (unpaired) electrons. The van der Waals surface area contributed by atoms with E-state index in [-0.39, 0.29) is 0 Å². The zero-order chi connectivity index (χ0) is 13.1. The number of hydrogen-bond donors (Lipinski definition) is 2. The molecular weight excluding hydrogens is 248 g/mol. The van der Waals surface area contributed by atoms with E-state index in [1.165, 1.54) is 0 Å². The quantitative estimate of drug-likeness (QED) is 0.881. The van der Waals surface area contributed by atoms with E-state index in [2.05, 4.69) is 16.5 Å². The number of thiophene rings is 1. The minimum absolute atomic E-state index is 0.352. The molecule has 0 aliphatic carbocycles. The highest BCUT2D eigenvalue weighted by Gasteiger charge is 2.14. The van der Waals surface area contributed by atoms with Gasteiger partial charge in [0.1, 0.15) is 17.5 Å². The second kappa shape index (κ2) is 5.21. The van der Waals surface area contributed by atoms with Crippen molar-refractivity contribution in [2.45, 2.75) is 13.0 Å². The molecule has 94 valence electrons. The van der Waals surface area contributed by atoms with Gasteiger partial charge in [0.05, 0.1) is 11.8 Å². The summed E-state index contributed by atoms with van der Waals surface area (Å²) in [6, 6.07) is 4.00. The number of aromatic nitrogens is 2. The summed E-state index contributed by atoms with van der Waals surface area (Å²) < 4.78 is 1.62. The van der Waals surface area contributed by atoms with Crippen LogP contribution < -0.4 is 5.32 Å². The first kappa shape index (κ1) is 12.6. The van der Waals surface area contributed by atoms with Crippen LogP contribution in [0.4, 0.5) is 5.82 Å². The third-order valence-electron chi connectivity index (χ3n) is 2.72. The van der Waals surface area contributed by atoms with E-state index in [4.69, 9.17) is 5.26 Å². The topological polar surface area (TPSA) is 73.9 Å². The molecule has 0 fully saturated rings. The molecule has 2 heterocycles. The van der Waals surface area contributed by atoms with Gasteiger partial charge in [-0.05, 0) is 29.3 Å². The average molecular weight is 262 g/mol. The van der Waals surface area contributed by atoms with Crippen LogP contribution in [0.3, 0.4) is 0 Å². The SMILES string of the molecule is Cc1nn(C)c(NCC(O)c2ccsc2)c1C#N. The number of nitrogens with one attached hydrogen (secondary N) is 1. The third-order valence-corrected chi connectivity index (χ3v) is 3.43. The molecule has 6 heteroatoms.